The molecule has 0 saturated carbocycles. The van der Waals surface area contributed by atoms with Gasteiger partial charge < -0.3 is 10.2 Å². The van der Waals surface area contributed by atoms with Crippen LogP contribution in [0.4, 0.5) is 10.1 Å². The molecule has 2 aromatic rings. The van der Waals surface area contributed by atoms with E-state index in [0.29, 0.717) is 24.2 Å². The largest absolute Gasteiger partial charge is 0.352 e. The number of benzene rings is 2. The first-order chi connectivity index (χ1) is 14.5. The highest BCUT2D eigenvalue weighted by Gasteiger charge is 2.33. The maximum Gasteiger partial charge on any atom is 0.267 e. The molecule has 0 spiro atoms. The van der Waals surface area contributed by atoms with E-state index in [-0.39, 0.29) is 17.3 Å². The van der Waals surface area contributed by atoms with E-state index in [2.05, 4.69) is 10.2 Å². The molecule has 6 nitrogen and oxygen atoms in total. The minimum atomic E-state index is -4.03. The Balaban J connectivity index is 1.46. The van der Waals surface area contributed by atoms with Gasteiger partial charge in [-0.2, -0.15) is 0 Å². The molecular weight excluding hydrogens is 405 g/mol. The van der Waals surface area contributed by atoms with Crippen LogP contribution in [0.3, 0.4) is 0 Å². The van der Waals surface area contributed by atoms with Gasteiger partial charge in [-0.05, 0) is 75.1 Å². The first kappa shape index (κ1) is 20.8. The van der Waals surface area contributed by atoms with Crippen LogP contribution in [0.5, 0.6) is 0 Å². The molecule has 2 aliphatic heterocycles. The maximum absolute atomic E-state index is 14.1. The first-order valence-corrected chi connectivity index (χ1v) is 11.8. The van der Waals surface area contributed by atoms with Gasteiger partial charge in [0.15, 0.2) is 0 Å². The summed E-state index contributed by atoms with van der Waals surface area (Å²) in [6, 6.07) is 10.4. The van der Waals surface area contributed by atoms with Crippen LogP contribution in [0, 0.1) is 5.82 Å². The summed E-state index contributed by atoms with van der Waals surface area (Å²) < 4.78 is 41.4. The van der Waals surface area contributed by atoms with Crippen molar-refractivity contribution in [3.8, 4) is 0 Å². The number of carbonyl (C=O) groups is 1. The molecule has 0 radical (unpaired) electrons. The van der Waals surface area contributed by atoms with Crippen molar-refractivity contribution >= 4 is 21.6 Å². The SMILES string of the molecule is O=C(NCCCN1CCCC1)c1ccc2c(c1)N(S(=O)(=O)c1ccccc1F)CC2. The van der Waals surface area contributed by atoms with Crippen LogP contribution < -0.4 is 9.62 Å². The zero-order chi connectivity index (χ0) is 21.1. The standard InChI is InChI=1S/C22H26FN3O3S/c23-19-6-1-2-7-21(19)30(28,29)26-15-10-17-8-9-18(16-20(17)26)22(27)24-11-5-14-25-12-3-4-13-25/h1-2,6-9,16H,3-5,10-15H2,(H,24,27). The number of fused-ring (bicyclic) bond motifs is 1. The van der Waals surface area contributed by atoms with Crippen LogP contribution in [0.1, 0.15) is 35.2 Å². The molecule has 0 aliphatic carbocycles. The lowest BCUT2D eigenvalue weighted by Gasteiger charge is -2.20. The van der Waals surface area contributed by atoms with Gasteiger partial charge in [0.1, 0.15) is 10.7 Å². The summed E-state index contributed by atoms with van der Waals surface area (Å²) in [5.74, 6) is -1.01. The van der Waals surface area contributed by atoms with E-state index in [0.717, 1.165) is 37.7 Å². The van der Waals surface area contributed by atoms with E-state index < -0.39 is 15.8 Å². The number of halogens is 1. The van der Waals surface area contributed by atoms with Crippen LogP contribution in [0.2, 0.25) is 0 Å². The maximum atomic E-state index is 14.1. The molecule has 1 saturated heterocycles. The van der Waals surface area contributed by atoms with Gasteiger partial charge in [-0.1, -0.05) is 18.2 Å². The van der Waals surface area contributed by atoms with Crippen molar-refractivity contribution in [3.63, 3.8) is 0 Å². The molecule has 2 aliphatic rings. The number of nitrogens with zero attached hydrogens (tertiary/aromatic N) is 2. The Bertz CT molecular complexity index is 1040. The molecule has 1 N–H and O–H groups in total. The smallest absolute Gasteiger partial charge is 0.267 e. The third-order valence-electron chi connectivity index (χ3n) is 5.74. The summed E-state index contributed by atoms with van der Waals surface area (Å²) in [6.45, 7) is 4.03. The average molecular weight is 432 g/mol. The fraction of sp³-hybridized carbons (Fsp3) is 0.409. The molecule has 0 aromatic heterocycles. The Hall–Kier alpha value is -2.45. The number of amides is 1. The van der Waals surface area contributed by atoms with Crippen LogP contribution in [0.15, 0.2) is 47.4 Å². The van der Waals surface area contributed by atoms with Gasteiger partial charge >= 0.3 is 0 Å². The van der Waals surface area contributed by atoms with Gasteiger partial charge in [-0.3, -0.25) is 9.10 Å². The molecule has 30 heavy (non-hydrogen) atoms. The number of carbonyl (C=O) groups excluding carboxylic acids is 1. The summed E-state index contributed by atoms with van der Waals surface area (Å²) in [7, 11) is -4.03. The average Bonchev–Trinajstić information content (AvgIpc) is 3.40. The molecule has 1 fully saturated rings. The van der Waals surface area contributed by atoms with Crippen molar-refractivity contribution in [2.75, 3.05) is 37.0 Å². The lowest BCUT2D eigenvalue weighted by molar-refractivity contribution is 0.0952. The number of sulfonamides is 1. The fourth-order valence-corrected chi connectivity index (χ4v) is 5.69. The fourth-order valence-electron chi connectivity index (χ4n) is 4.13. The van der Waals surface area contributed by atoms with Crippen molar-refractivity contribution < 1.29 is 17.6 Å². The summed E-state index contributed by atoms with van der Waals surface area (Å²) >= 11 is 0. The zero-order valence-corrected chi connectivity index (χ0v) is 17.6. The van der Waals surface area contributed by atoms with Crippen molar-refractivity contribution in [1.82, 2.24) is 10.2 Å². The second-order valence-electron chi connectivity index (χ2n) is 7.76. The van der Waals surface area contributed by atoms with E-state index in [1.807, 2.05) is 0 Å². The minimum Gasteiger partial charge on any atom is -0.352 e. The highest BCUT2D eigenvalue weighted by molar-refractivity contribution is 7.92. The molecule has 160 valence electrons. The van der Waals surface area contributed by atoms with Crippen LogP contribution in [-0.4, -0.2) is 51.9 Å². The van der Waals surface area contributed by atoms with Crippen molar-refractivity contribution in [2.45, 2.75) is 30.6 Å². The topological polar surface area (TPSA) is 69.7 Å². The number of likely N-dealkylation sites (tertiary alicyclic amines) is 1. The summed E-state index contributed by atoms with van der Waals surface area (Å²) in [6.07, 6.45) is 3.90. The van der Waals surface area contributed by atoms with Crippen LogP contribution >= 0.6 is 0 Å². The monoisotopic (exact) mass is 431 g/mol. The lowest BCUT2D eigenvalue weighted by atomic mass is 10.1. The van der Waals surface area contributed by atoms with Crippen molar-refractivity contribution in [3.05, 3.63) is 59.4 Å². The van der Waals surface area contributed by atoms with Crippen LogP contribution in [0.25, 0.3) is 0 Å². The molecule has 2 heterocycles. The van der Waals surface area contributed by atoms with E-state index >= 15 is 0 Å². The second kappa shape index (κ2) is 8.73. The van der Waals surface area contributed by atoms with E-state index in [1.165, 1.54) is 35.3 Å². The molecule has 0 bridgehead atoms. The van der Waals surface area contributed by atoms with Crippen LogP contribution in [-0.2, 0) is 16.4 Å². The molecule has 2 aromatic carbocycles. The summed E-state index contributed by atoms with van der Waals surface area (Å²) in [5.41, 5.74) is 1.69. The predicted octanol–water partition coefficient (Wildman–Crippen LogP) is 2.79. The molecular formula is C22H26FN3O3S. The molecule has 1 amide bonds. The summed E-state index contributed by atoms with van der Waals surface area (Å²) in [5, 5.41) is 2.91. The normalized spacial score (nSPS) is 16.6. The Kier molecular flexibility index (Phi) is 6.06. The van der Waals surface area contributed by atoms with Gasteiger partial charge in [0.05, 0.1) is 5.69 Å². The van der Waals surface area contributed by atoms with Crippen molar-refractivity contribution in [2.24, 2.45) is 0 Å². The number of rotatable bonds is 7. The number of hydrogen-bond donors (Lipinski definition) is 1. The van der Waals surface area contributed by atoms with Gasteiger partial charge in [0.2, 0.25) is 0 Å². The Morgan fingerprint density at radius 1 is 1.07 bits per heavy atom. The molecule has 0 unspecified atom stereocenters. The van der Waals surface area contributed by atoms with Gasteiger partial charge in [-0.25, -0.2) is 12.8 Å². The van der Waals surface area contributed by atoms with Gasteiger partial charge in [0, 0.05) is 18.7 Å². The Morgan fingerprint density at radius 2 is 1.83 bits per heavy atom. The van der Waals surface area contributed by atoms with Crippen molar-refractivity contribution in [1.29, 1.82) is 0 Å². The van der Waals surface area contributed by atoms with Gasteiger partial charge in [-0.15, -0.1) is 0 Å². The number of hydrogen-bond acceptors (Lipinski definition) is 4. The number of anilines is 1. The van der Waals surface area contributed by atoms with E-state index in [9.17, 15) is 17.6 Å². The van der Waals surface area contributed by atoms with E-state index in [4.69, 9.17) is 0 Å². The predicted molar refractivity (Wildman–Crippen MR) is 114 cm³/mol. The lowest BCUT2D eigenvalue weighted by Crippen LogP contribution is -2.30. The van der Waals surface area contributed by atoms with E-state index in [1.54, 1.807) is 18.2 Å². The third kappa shape index (κ3) is 4.20. The second-order valence-corrected chi connectivity index (χ2v) is 9.59. The quantitative estimate of drug-likeness (QED) is 0.685. The first-order valence-electron chi connectivity index (χ1n) is 10.4. The zero-order valence-electron chi connectivity index (χ0n) is 16.8. The minimum absolute atomic E-state index is 0.227. The molecule has 0 atom stereocenters. The molecule has 8 heteroatoms. The Labute approximate surface area is 176 Å². The van der Waals surface area contributed by atoms with Gasteiger partial charge in [0.25, 0.3) is 15.9 Å². The Morgan fingerprint density at radius 3 is 2.60 bits per heavy atom. The highest BCUT2D eigenvalue weighted by Crippen LogP contribution is 2.34. The number of nitrogens with one attached hydrogen (secondary N) is 1. The third-order valence-corrected chi connectivity index (χ3v) is 7.59. The summed E-state index contributed by atoms with van der Waals surface area (Å²) in [4.78, 5) is 14.6. The molecule has 4 rings (SSSR count). The highest BCUT2D eigenvalue weighted by atomic mass is 32.2.